The summed E-state index contributed by atoms with van der Waals surface area (Å²) in [4.78, 5) is 14.2. The summed E-state index contributed by atoms with van der Waals surface area (Å²) in [6, 6.07) is 6.09. The molecule has 0 aromatic carbocycles. The highest BCUT2D eigenvalue weighted by Crippen LogP contribution is 2.62. The third kappa shape index (κ3) is 1.98. The number of nitro groups is 1. The maximum absolute atomic E-state index is 10.9. The predicted octanol–water partition coefficient (Wildman–Crippen LogP) is 4.56. The molecule has 1 aliphatic carbocycles. The normalized spacial score (nSPS) is 16.6. The number of hydrogen-bond acceptors (Lipinski definition) is 6. The van der Waals surface area contributed by atoms with Crippen LogP contribution in [-0.2, 0) is 0 Å². The van der Waals surface area contributed by atoms with E-state index in [4.69, 9.17) is 0 Å². The highest BCUT2D eigenvalue weighted by atomic mass is 32.3. The average Bonchev–Trinajstić information content (AvgIpc) is 3.17. The standard InChI is InChI=1S/C14H10N2O5S2/c17-9-2-1-7-12(9)13(10-3-4-11(22-10)16(18)19)14-8(15-7)5-6-23(14,20)21/h1-6,15,17,20-21H. The van der Waals surface area contributed by atoms with Gasteiger partial charge in [0.25, 0.3) is 0 Å². The van der Waals surface area contributed by atoms with Crippen LogP contribution in [0.4, 0.5) is 5.00 Å². The summed E-state index contributed by atoms with van der Waals surface area (Å²) in [5, 5.41) is 22.3. The van der Waals surface area contributed by atoms with Gasteiger partial charge in [-0.05, 0) is 24.3 Å². The molecule has 3 heterocycles. The molecular weight excluding hydrogens is 340 g/mol. The lowest BCUT2D eigenvalue weighted by molar-refractivity contribution is -0.380. The Hall–Kier alpha value is -2.33. The van der Waals surface area contributed by atoms with Gasteiger partial charge in [0.1, 0.15) is 5.75 Å². The Morgan fingerprint density at radius 3 is 2.65 bits per heavy atom. The van der Waals surface area contributed by atoms with Crippen molar-refractivity contribution >= 4 is 33.0 Å². The number of aromatic nitrogens is 1. The molecule has 1 aromatic rings. The van der Waals surface area contributed by atoms with Crippen molar-refractivity contribution in [2.45, 2.75) is 4.90 Å². The topological polar surface area (TPSA) is 120 Å². The van der Waals surface area contributed by atoms with Gasteiger partial charge in [0.15, 0.2) is 0 Å². The van der Waals surface area contributed by atoms with E-state index >= 15 is 0 Å². The monoisotopic (exact) mass is 350 g/mol. The highest BCUT2D eigenvalue weighted by Gasteiger charge is 2.33. The average molecular weight is 350 g/mol. The van der Waals surface area contributed by atoms with Gasteiger partial charge in [-0.2, -0.15) is 0 Å². The molecule has 0 saturated heterocycles. The van der Waals surface area contributed by atoms with Gasteiger partial charge in [-0.3, -0.25) is 19.2 Å². The van der Waals surface area contributed by atoms with Crippen molar-refractivity contribution < 1.29 is 19.1 Å². The molecule has 23 heavy (non-hydrogen) atoms. The van der Waals surface area contributed by atoms with Gasteiger partial charge in [-0.1, -0.05) is 11.3 Å². The number of hydrogen-bond donors (Lipinski definition) is 4. The minimum absolute atomic E-state index is 0.0211. The molecule has 2 aliphatic heterocycles. The van der Waals surface area contributed by atoms with E-state index < -0.39 is 15.5 Å². The first-order valence-electron chi connectivity index (χ1n) is 6.47. The molecule has 0 atom stereocenters. The molecule has 0 amide bonds. The van der Waals surface area contributed by atoms with E-state index in [-0.39, 0.29) is 15.6 Å². The second kappa shape index (κ2) is 4.59. The molecule has 118 valence electrons. The number of nitrogens with one attached hydrogen (secondary N) is 1. The molecule has 0 unspecified atom stereocenters. The summed E-state index contributed by atoms with van der Waals surface area (Å²) in [5.41, 5.74) is 1.98. The van der Waals surface area contributed by atoms with Gasteiger partial charge >= 0.3 is 5.00 Å². The van der Waals surface area contributed by atoms with Gasteiger partial charge in [0.05, 0.1) is 26.8 Å². The lowest BCUT2D eigenvalue weighted by Gasteiger charge is -2.28. The maximum Gasteiger partial charge on any atom is 0.324 e. The van der Waals surface area contributed by atoms with Crippen LogP contribution in [0.5, 0.6) is 5.75 Å². The molecule has 0 spiro atoms. The molecule has 4 N–H and O–H groups in total. The smallest absolute Gasteiger partial charge is 0.324 e. The number of nitrogens with zero attached hydrogens (tertiary/aromatic N) is 1. The number of thiophene rings is 1. The number of fused-ring (bicyclic) bond motifs is 2. The lowest BCUT2D eigenvalue weighted by atomic mass is 10.0. The highest BCUT2D eigenvalue weighted by molar-refractivity contribution is 8.27. The molecule has 0 fully saturated rings. The van der Waals surface area contributed by atoms with Crippen molar-refractivity contribution in [2.24, 2.45) is 0 Å². The van der Waals surface area contributed by atoms with E-state index in [9.17, 15) is 24.3 Å². The molecule has 0 radical (unpaired) electrons. The second-order valence-corrected chi connectivity index (χ2v) is 7.97. The zero-order chi connectivity index (χ0) is 16.4. The zero-order valence-electron chi connectivity index (χ0n) is 11.4. The van der Waals surface area contributed by atoms with Crippen molar-refractivity contribution in [1.82, 2.24) is 4.98 Å². The summed E-state index contributed by atoms with van der Waals surface area (Å²) in [5.74, 6) is -0.0211. The Morgan fingerprint density at radius 2 is 1.96 bits per heavy atom. The Labute approximate surface area is 135 Å². The summed E-state index contributed by atoms with van der Waals surface area (Å²) < 4.78 is 20.6. The molecule has 4 rings (SSSR count). The summed E-state index contributed by atoms with van der Waals surface area (Å²) >= 11 is 0.927. The van der Waals surface area contributed by atoms with E-state index in [0.29, 0.717) is 27.4 Å². The van der Waals surface area contributed by atoms with Crippen LogP contribution in [0.2, 0.25) is 0 Å². The van der Waals surface area contributed by atoms with Crippen LogP contribution in [0, 0.1) is 10.1 Å². The molecule has 1 aromatic heterocycles. The quantitative estimate of drug-likeness (QED) is 0.399. The molecule has 3 aliphatic rings. The molecule has 0 saturated carbocycles. The van der Waals surface area contributed by atoms with Gasteiger partial charge < -0.3 is 10.1 Å². The SMILES string of the molecule is O=[N+]([O-])c1ccc(-c2c3c(O)ccc-3[nH]c3c2S(O)(O)C=C3)s1. The number of aromatic hydroxyl groups is 1. The van der Waals surface area contributed by atoms with Crippen LogP contribution in [-0.4, -0.2) is 24.1 Å². The van der Waals surface area contributed by atoms with E-state index in [2.05, 4.69) is 4.98 Å². The van der Waals surface area contributed by atoms with Crippen LogP contribution in [0.25, 0.3) is 27.8 Å². The molecular formula is C14H10N2O5S2. The summed E-state index contributed by atoms with van der Waals surface area (Å²) in [6.07, 6.45) is 1.57. The van der Waals surface area contributed by atoms with Gasteiger partial charge in [0.2, 0.25) is 0 Å². The zero-order valence-corrected chi connectivity index (χ0v) is 13.0. The first-order valence-corrected chi connectivity index (χ1v) is 8.90. The minimum Gasteiger partial charge on any atom is -0.507 e. The van der Waals surface area contributed by atoms with Gasteiger partial charge in [-0.25, -0.2) is 0 Å². The summed E-state index contributed by atoms with van der Waals surface area (Å²) in [7, 11) is -3.17. The summed E-state index contributed by atoms with van der Waals surface area (Å²) in [6.45, 7) is 0. The van der Waals surface area contributed by atoms with Crippen LogP contribution in [0.3, 0.4) is 0 Å². The minimum atomic E-state index is -3.17. The fourth-order valence-corrected chi connectivity index (χ4v) is 5.10. The fourth-order valence-electron chi connectivity index (χ4n) is 2.74. The second-order valence-electron chi connectivity index (χ2n) is 5.04. The first-order chi connectivity index (χ1) is 10.9. The predicted molar refractivity (Wildman–Crippen MR) is 89.2 cm³/mol. The van der Waals surface area contributed by atoms with Crippen LogP contribution in [0.15, 0.2) is 34.6 Å². The van der Waals surface area contributed by atoms with Gasteiger partial charge in [0, 0.05) is 21.9 Å². The first kappa shape index (κ1) is 14.3. The molecule has 7 nitrogen and oxygen atoms in total. The van der Waals surface area contributed by atoms with E-state index in [1.165, 1.54) is 17.5 Å². The van der Waals surface area contributed by atoms with Crippen molar-refractivity contribution in [2.75, 3.05) is 0 Å². The van der Waals surface area contributed by atoms with Crippen molar-refractivity contribution in [1.29, 1.82) is 0 Å². The van der Waals surface area contributed by atoms with E-state index in [1.54, 1.807) is 18.2 Å². The number of H-pyrrole nitrogens is 1. The Balaban J connectivity index is 2.09. The lowest BCUT2D eigenvalue weighted by Crippen LogP contribution is -2.00. The maximum atomic E-state index is 10.9. The third-order valence-electron chi connectivity index (χ3n) is 3.67. The van der Waals surface area contributed by atoms with Crippen LogP contribution < -0.4 is 0 Å². The van der Waals surface area contributed by atoms with Crippen molar-refractivity contribution in [3.05, 3.63) is 45.5 Å². The third-order valence-corrected chi connectivity index (χ3v) is 6.26. The fraction of sp³-hybridized carbons (Fsp3) is 0. The number of pyridine rings is 1. The Bertz CT molecular complexity index is 956. The van der Waals surface area contributed by atoms with E-state index in [0.717, 1.165) is 11.3 Å². The molecule has 9 heteroatoms. The van der Waals surface area contributed by atoms with E-state index in [1.807, 2.05) is 0 Å². The van der Waals surface area contributed by atoms with Crippen LogP contribution in [0.1, 0.15) is 5.69 Å². The largest absolute Gasteiger partial charge is 0.507 e. The Kier molecular flexibility index (Phi) is 2.85. The van der Waals surface area contributed by atoms with Crippen molar-refractivity contribution in [3.8, 4) is 27.4 Å². The van der Waals surface area contributed by atoms with Crippen molar-refractivity contribution in [3.63, 3.8) is 0 Å². The Morgan fingerprint density at radius 1 is 1.17 bits per heavy atom. The van der Waals surface area contributed by atoms with Gasteiger partial charge in [-0.15, -0.1) is 10.6 Å². The number of aromatic amines is 1. The number of rotatable bonds is 2. The molecule has 0 bridgehead atoms. The van der Waals surface area contributed by atoms with Crippen LogP contribution >= 0.6 is 21.9 Å².